The van der Waals surface area contributed by atoms with Crippen molar-refractivity contribution in [2.24, 2.45) is 11.8 Å². The number of aliphatic carboxylic acids is 1. The summed E-state index contributed by atoms with van der Waals surface area (Å²) in [5.41, 5.74) is 1.06. The average molecular weight is 339 g/mol. The van der Waals surface area contributed by atoms with Crippen LogP contribution in [0.2, 0.25) is 0 Å². The van der Waals surface area contributed by atoms with Crippen molar-refractivity contribution in [1.29, 1.82) is 0 Å². The zero-order chi connectivity index (χ0) is 14.1. The van der Waals surface area contributed by atoms with Crippen LogP contribution in [0.3, 0.4) is 0 Å². The summed E-state index contributed by atoms with van der Waals surface area (Å²) in [4.78, 5) is 11.1. The number of hydrogen-bond donors (Lipinski definition) is 1. The lowest BCUT2D eigenvalue weighted by Crippen LogP contribution is -2.11. The fraction of sp³-hybridized carbons (Fsp3) is 0.562. The summed E-state index contributed by atoms with van der Waals surface area (Å²) in [5, 5.41) is 9.16. The van der Waals surface area contributed by atoms with Gasteiger partial charge in [-0.2, -0.15) is 0 Å². The van der Waals surface area contributed by atoms with Crippen LogP contribution in [0, 0.1) is 11.8 Å². The molecule has 1 atom stereocenters. The molecule has 2 aliphatic carbocycles. The molecule has 0 radical (unpaired) electrons. The highest BCUT2D eigenvalue weighted by molar-refractivity contribution is 9.10. The molecule has 108 valence electrons. The molecule has 2 saturated carbocycles. The summed E-state index contributed by atoms with van der Waals surface area (Å²) in [5.74, 6) is 1.43. The standard InChI is InChI=1S/C16H19BrO3/c17-12-5-6-15(20-9-10-1-2-10)14(7-12)13(8-16(18)19)11-3-4-11/h5-7,10-11,13H,1-4,8-9H2,(H,18,19). The van der Waals surface area contributed by atoms with Crippen molar-refractivity contribution < 1.29 is 14.6 Å². The van der Waals surface area contributed by atoms with Crippen LogP contribution in [-0.2, 0) is 4.79 Å². The molecular formula is C16H19BrO3. The number of hydrogen-bond acceptors (Lipinski definition) is 2. The predicted octanol–water partition coefficient (Wildman–Crippen LogP) is 4.21. The topological polar surface area (TPSA) is 46.5 Å². The highest BCUT2D eigenvalue weighted by Crippen LogP contribution is 2.47. The summed E-state index contributed by atoms with van der Waals surface area (Å²) in [6, 6.07) is 5.98. The van der Waals surface area contributed by atoms with Gasteiger partial charge in [-0.25, -0.2) is 0 Å². The Morgan fingerprint density at radius 2 is 2.10 bits per heavy atom. The fourth-order valence-corrected chi connectivity index (χ4v) is 3.03. The lowest BCUT2D eigenvalue weighted by Gasteiger charge is -2.19. The summed E-state index contributed by atoms with van der Waals surface area (Å²) < 4.78 is 6.93. The molecule has 0 heterocycles. The van der Waals surface area contributed by atoms with Crippen LogP contribution >= 0.6 is 15.9 Å². The first-order valence-electron chi connectivity index (χ1n) is 7.27. The molecule has 0 amide bonds. The van der Waals surface area contributed by atoms with Crippen LogP contribution in [0.15, 0.2) is 22.7 Å². The van der Waals surface area contributed by atoms with E-state index in [0.29, 0.717) is 11.8 Å². The molecule has 1 aromatic carbocycles. The summed E-state index contributed by atoms with van der Waals surface area (Å²) in [6.07, 6.45) is 4.97. The maximum absolute atomic E-state index is 11.1. The van der Waals surface area contributed by atoms with Crippen LogP contribution in [0.1, 0.15) is 43.6 Å². The third-order valence-corrected chi connectivity index (χ3v) is 4.62. The normalized spacial score (nSPS) is 19.6. The van der Waals surface area contributed by atoms with Gasteiger partial charge in [-0.15, -0.1) is 0 Å². The Hall–Kier alpha value is -1.03. The molecule has 1 aromatic rings. The van der Waals surface area contributed by atoms with Crippen LogP contribution < -0.4 is 4.74 Å². The number of benzene rings is 1. The highest BCUT2D eigenvalue weighted by atomic mass is 79.9. The van der Waals surface area contributed by atoms with Gasteiger partial charge in [0, 0.05) is 10.4 Å². The molecule has 20 heavy (non-hydrogen) atoms. The van der Waals surface area contributed by atoms with Gasteiger partial charge in [0.2, 0.25) is 0 Å². The molecule has 4 heteroatoms. The Morgan fingerprint density at radius 3 is 2.70 bits per heavy atom. The number of ether oxygens (including phenoxy) is 1. The van der Waals surface area contributed by atoms with Crippen molar-refractivity contribution in [3.05, 3.63) is 28.2 Å². The van der Waals surface area contributed by atoms with Gasteiger partial charge in [0.25, 0.3) is 0 Å². The summed E-state index contributed by atoms with van der Waals surface area (Å²) in [7, 11) is 0. The minimum Gasteiger partial charge on any atom is -0.493 e. The largest absolute Gasteiger partial charge is 0.493 e. The van der Waals surface area contributed by atoms with Crippen molar-refractivity contribution in [2.75, 3.05) is 6.61 Å². The SMILES string of the molecule is O=C(O)CC(c1cc(Br)ccc1OCC1CC1)C1CC1. The molecule has 1 unspecified atom stereocenters. The molecule has 0 spiro atoms. The first-order chi connectivity index (χ1) is 9.63. The smallest absolute Gasteiger partial charge is 0.303 e. The van der Waals surface area contributed by atoms with Gasteiger partial charge in [0.1, 0.15) is 5.75 Å². The van der Waals surface area contributed by atoms with E-state index in [1.54, 1.807) is 0 Å². The van der Waals surface area contributed by atoms with E-state index in [2.05, 4.69) is 15.9 Å². The Balaban J connectivity index is 1.82. The van der Waals surface area contributed by atoms with Crippen molar-refractivity contribution in [3.8, 4) is 5.75 Å². The number of carboxylic acids is 1. The maximum atomic E-state index is 11.1. The monoisotopic (exact) mass is 338 g/mol. The van der Waals surface area contributed by atoms with Gasteiger partial charge in [0.15, 0.2) is 0 Å². The van der Waals surface area contributed by atoms with Crippen molar-refractivity contribution in [2.45, 2.75) is 38.0 Å². The van der Waals surface area contributed by atoms with Crippen molar-refractivity contribution in [1.82, 2.24) is 0 Å². The number of halogens is 1. The van der Waals surface area contributed by atoms with Crippen molar-refractivity contribution >= 4 is 21.9 Å². The number of carbonyl (C=O) groups is 1. The van der Waals surface area contributed by atoms with Crippen LogP contribution in [-0.4, -0.2) is 17.7 Å². The lowest BCUT2D eigenvalue weighted by atomic mass is 9.90. The minimum absolute atomic E-state index is 0.0826. The Kier molecular flexibility index (Phi) is 4.01. The molecule has 3 rings (SSSR count). The Labute approximate surface area is 127 Å². The van der Waals surface area contributed by atoms with Gasteiger partial charge >= 0.3 is 5.97 Å². The van der Waals surface area contributed by atoms with Gasteiger partial charge in [-0.3, -0.25) is 4.79 Å². The van der Waals surface area contributed by atoms with E-state index in [1.807, 2.05) is 18.2 Å². The number of carboxylic acid groups (broad SMARTS) is 1. The van der Waals surface area contributed by atoms with Gasteiger partial charge in [-0.1, -0.05) is 15.9 Å². The first kappa shape index (κ1) is 13.9. The zero-order valence-corrected chi connectivity index (χ0v) is 12.9. The van der Waals surface area contributed by atoms with E-state index in [0.717, 1.165) is 35.2 Å². The van der Waals surface area contributed by atoms with Gasteiger partial charge in [-0.05, 0) is 61.3 Å². The van der Waals surface area contributed by atoms with Crippen LogP contribution in [0.5, 0.6) is 5.75 Å². The summed E-state index contributed by atoms with van der Waals surface area (Å²) >= 11 is 3.49. The Morgan fingerprint density at radius 1 is 1.35 bits per heavy atom. The molecule has 1 N–H and O–H groups in total. The number of rotatable bonds is 7. The lowest BCUT2D eigenvalue weighted by molar-refractivity contribution is -0.137. The minimum atomic E-state index is -0.727. The molecule has 2 aliphatic rings. The second-order valence-corrected chi connectivity index (χ2v) is 6.89. The Bertz CT molecular complexity index is 506. The van der Waals surface area contributed by atoms with Crippen molar-refractivity contribution in [3.63, 3.8) is 0 Å². The quantitative estimate of drug-likeness (QED) is 0.810. The maximum Gasteiger partial charge on any atom is 0.303 e. The van der Waals surface area contributed by atoms with Crippen LogP contribution in [0.4, 0.5) is 0 Å². The molecule has 0 aliphatic heterocycles. The third kappa shape index (κ3) is 3.54. The molecular weight excluding hydrogens is 320 g/mol. The molecule has 0 aromatic heterocycles. The zero-order valence-electron chi connectivity index (χ0n) is 11.3. The van der Waals surface area contributed by atoms with Gasteiger partial charge in [0.05, 0.1) is 13.0 Å². The van der Waals surface area contributed by atoms with E-state index >= 15 is 0 Å². The molecule has 0 saturated heterocycles. The van der Waals surface area contributed by atoms with E-state index in [1.165, 1.54) is 12.8 Å². The third-order valence-electron chi connectivity index (χ3n) is 4.13. The van der Waals surface area contributed by atoms with E-state index < -0.39 is 5.97 Å². The van der Waals surface area contributed by atoms with E-state index in [4.69, 9.17) is 9.84 Å². The molecule has 0 bridgehead atoms. The molecule has 2 fully saturated rings. The van der Waals surface area contributed by atoms with Crippen LogP contribution in [0.25, 0.3) is 0 Å². The highest BCUT2D eigenvalue weighted by Gasteiger charge is 2.35. The predicted molar refractivity (Wildman–Crippen MR) is 80.1 cm³/mol. The van der Waals surface area contributed by atoms with E-state index in [9.17, 15) is 4.79 Å². The second kappa shape index (κ2) is 5.76. The molecule has 3 nitrogen and oxygen atoms in total. The van der Waals surface area contributed by atoms with Gasteiger partial charge < -0.3 is 9.84 Å². The summed E-state index contributed by atoms with van der Waals surface area (Å²) in [6.45, 7) is 0.763. The average Bonchev–Trinajstić information content (AvgIpc) is 3.27. The second-order valence-electron chi connectivity index (χ2n) is 5.98. The van der Waals surface area contributed by atoms with E-state index in [-0.39, 0.29) is 12.3 Å². The fourth-order valence-electron chi connectivity index (χ4n) is 2.65. The first-order valence-corrected chi connectivity index (χ1v) is 8.07.